The molecule has 3 heterocycles. The van der Waals surface area contributed by atoms with E-state index in [1.807, 2.05) is 18.2 Å². The molecule has 310 valence electrons. The highest BCUT2D eigenvalue weighted by molar-refractivity contribution is 6.15. The van der Waals surface area contributed by atoms with Crippen LogP contribution < -0.4 is 0 Å². The van der Waals surface area contributed by atoms with Gasteiger partial charge in [0.15, 0.2) is 0 Å². The number of hydrogen-bond acceptors (Lipinski definition) is 2. The summed E-state index contributed by atoms with van der Waals surface area (Å²) in [7, 11) is 0. The van der Waals surface area contributed by atoms with E-state index >= 15 is 0 Å². The predicted molar refractivity (Wildman–Crippen MR) is 275 cm³/mol. The lowest BCUT2D eigenvalue weighted by molar-refractivity contribution is 1.16. The van der Waals surface area contributed by atoms with Crippen LogP contribution in [0, 0.1) is 22.7 Å². The van der Waals surface area contributed by atoms with Crippen molar-refractivity contribution >= 4 is 65.4 Å². The number of para-hydroxylation sites is 4. The van der Waals surface area contributed by atoms with Gasteiger partial charge in [-0.2, -0.15) is 10.5 Å². The molecule has 0 saturated carbocycles. The maximum Gasteiger partial charge on any atom is 0.0998 e. The van der Waals surface area contributed by atoms with Crippen LogP contribution >= 0.6 is 0 Å². The van der Waals surface area contributed by atoms with E-state index in [4.69, 9.17) is 0 Å². The van der Waals surface area contributed by atoms with Gasteiger partial charge < -0.3 is 13.7 Å². The highest BCUT2D eigenvalue weighted by Gasteiger charge is 2.24. The normalized spacial score (nSPS) is 11.6. The van der Waals surface area contributed by atoms with Gasteiger partial charge in [0.05, 0.1) is 62.1 Å². The SMILES string of the molecule is N#Cc1ccc(-c2cc(-c3ccccc3)c(-n3c4ccc(-n5c6ccccc6c6ccccc65)cc4c4cc(-n5c6ccccc6c6ccccc65)ccc43)c(-c3ccccc3)c2)c(C#N)c1. The van der Waals surface area contributed by atoms with Gasteiger partial charge in [-0.15, -0.1) is 0 Å². The van der Waals surface area contributed by atoms with Crippen LogP contribution in [0.15, 0.2) is 224 Å². The van der Waals surface area contributed by atoms with Gasteiger partial charge in [-0.25, -0.2) is 0 Å². The Balaban J connectivity index is 1.17. The lowest BCUT2D eigenvalue weighted by Crippen LogP contribution is -2.02. The molecule has 13 rings (SSSR count). The van der Waals surface area contributed by atoms with Crippen LogP contribution in [0.5, 0.6) is 0 Å². The van der Waals surface area contributed by atoms with E-state index in [1.165, 1.54) is 21.5 Å². The van der Waals surface area contributed by atoms with Gasteiger partial charge in [-0.05, 0) is 107 Å². The summed E-state index contributed by atoms with van der Waals surface area (Å²) in [5, 5.41) is 27.4. The molecule has 0 fully saturated rings. The molecule has 13 aromatic rings. The highest BCUT2D eigenvalue weighted by atomic mass is 15.0. The van der Waals surface area contributed by atoms with Crippen LogP contribution in [-0.4, -0.2) is 13.7 Å². The molecule has 0 amide bonds. The van der Waals surface area contributed by atoms with E-state index in [0.29, 0.717) is 11.1 Å². The number of aromatic nitrogens is 3. The average Bonchev–Trinajstić information content (AvgIpc) is 4.03. The minimum atomic E-state index is 0.453. The standard InChI is InChI=1S/C62H37N5/c63-38-40-27-30-47(44(33-40)39-64)43-34-52(41-15-3-1-4-16-41)62(53(35-43)42-17-5-2-6-18-42)67-60-31-28-45(65-56-23-11-7-19-48(56)49-20-8-12-24-57(49)65)36-54(60)55-37-46(29-32-61(55)67)66-58-25-13-9-21-50(58)51-22-10-14-26-59(51)66/h1-37H. The van der Waals surface area contributed by atoms with Crippen molar-refractivity contribution in [2.45, 2.75) is 0 Å². The van der Waals surface area contributed by atoms with Crippen LogP contribution in [0.1, 0.15) is 11.1 Å². The van der Waals surface area contributed by atoms with Crippen molar-refractivity contribution in [3.05, 3.63) is 236 Å². The van der Waals surface area contributed by atoms with E-state index in [1.54, 1.807) is 12.1 Å². The van der Waals surface area contributed by atoms with Crippen molar-refractivity contribution in [1.29, 1.82) is 10.5 Å². The molecule has 0 aliphatic heterocycles. The van der Waals surface area contributed by atoms with Gasteiger partial charge >= 0.3 is 0 Å². The minimum absolute atomic E-state index is 0.453. The molecule has 0 aliphatic rings. The Kier molecular flexibility index (Phi) is 8.58. The minimum Gasteiger partial charge on any atom is -0.309 e. The van der Waals surface area contributed by atoms with E-state index in [0.717, 1.165) is 94.3 Å². The number of hydrogen-bond donors (Lipinski definition) is 0. The van der Waals surface area contributed by atoms with Crippen LogP contribution in [0.3, 0.4) is 0 Å². The maximum atomic E-state index is 10.5. The summed E-state index contributed by atoms with van der Waals surface area (Å²) >= 11 is 0. The third-order valence-corrected chi connectivity index (χ3v) is 13.5. The summed E-state index contributed by atoms with van der Waals surface area (Å²) < 4.78 is 7.25. The molecule has 0 unspecified atom stereocenters. The number of nitrogens with zero attached hydrogens (tertiary/aromatic N) is 5. The van der Waals surface area contributed by atoms with Crippen molar-refractivity contribution in [2.75, 3.05) is 0 Å². The first kappa shape index (κ1) is 38.1. The molecule has 5 heteroatoms. The van der Waals surface area contributed by atoms with E-state index < -0.39 is 0 Å². The van der Waals surface area contributed by atoms with Crippen molar-refractivity contribution in [3.63, 3.8) is 0 Å². The first-order chi connectivity index (χ1) is 33.2. The predicted octanol–water partition coefficient (Wildman–Crippen LogP) is 15.7. The second-order valence-corrected chi connectivity index (χ2v) is 17.1. The van der Waals surface area contributed by atoms with E-state index in [9.17, 15) is 10.5 Å². The van der Waals surface area contributed by atoms with E-state index in [2.05, 4.69) is 220 Å². The Morgan fingerprint density at radius 3 is 1.10 bits per heavy atom. The van der Waals surface area contributed by atoms with Crippen molar-refractivity contribution in [2.24, 2.45) is 0 Å². The van der Waals surface area contributed by atoms with Gasteiger partial charge in [-0.3, -0.25) is 0 Å². The zero-order valence-corrected chi connectivity index (χ0v) is 36.1. The van der Waals surface area contributed by atoms with Crippen molar-refractivity contribution in [3.8, 4) is 62.6 Å². The lowest BCUT2D eigenvalue weighted by Gasteiger charge is -2.21. The zero-order chi connectivity index (χ0) is 44.6. The topological polar surface area (TPSA) is 62.4 Å². The Bertz CT molecular complexity index is 3890. The summed E-state index contributed by atoms with van der Waals surface area (Å²) in [6.07, 6.45) is 0. The third-order valence-electron chi connectivity index (χ3n) is 13.5. The summed E-state index contributed by atoms with van der Waals surface area (Å²) in [5.41, 5.74) is 16.7. The average molecular weight is 852 g/mol. The summed E-state index contributed by atoms with van der Waals surface area (Å²) in [5.74, 6) is 0. The largest absolute Gasteiger partial charge is 0.309 e. The molecule has 0 saturated heterocycles. The monoisotopic (exact) mass is 851 g/mol. The number of nitriles is 2. The number of fused-ring (bicyclic) bond motifs is 9. The number of rotatable bonds is 6. The molecule has 0 radical (unpaired) electrons. The molecule has 5 nitrogen and oxygen atoms in total. The lowest BCUT2D eigenvalue weighted by atomic mass is 9.89. The zero-order valence-electron chi connectivity index (χ0n) is 36.1. The molecule has 0 atom stereocenters. The summed E-state index contributed by atoms with van der Waals surface area (Å²) in [6.45, 7) is 0. The van der Waals surface area contributed by atoms with Crippen LogP contribution in [0.4, 0.5) is 0 Å². The van der Waals surface area contributed by atoms with Crippen LogP contribution in [0.25, 0.3) is 116 Å². The molecule has 0 bridgehead atoms. The van der Waals surface area contributed by atoms with Gasteiger partial charge in [0.25, 0.3) is 0 Å². The molecule has 0 spiro atoms. The summed E-state index contributed by atoms with van der Waals surface area (Å²) in [6, 6.07) is 84.1. The first-order valence-corrected chi connectivity index (χ1v) is 22.5. The fourth-order valence-electron chi connectivity index (χ4n) is 10.6. The Hall–Kier alpha value is -9.42. The quantitative estimate of drug-likeness (QED) is 0.167. The Morgan fingerprint density at radius 1 is 0.284 bits per heavy atom. The molecule has 0 aliphatic carbocycles. The molecule has 10 aromatic carbocycles. The van der Waals surface area contributed by atoms with Crippen molar-refractivity contribution in [1.82, 2.24) is 13.7 Å². The Morgan fingerprint density at radius 2 is 0.687 bits per heavy atom. The van der Waals surface area contributed by atoms with E-state index in [-0.39, 0.29) is 0 Å². The second-order valence-electron chi connectivity index (χ2n) is 17.1. The molecular formula is C62H37N5. The molecule has 3 aromatic heterocycles. The first-order valence-electron chi connectivity index (χ1n) is 22.5. The van der Waals surface area contributed by atoms with Crippen LogP contribution in [-0.2, 0) is 0 Å². The third kappa shape index (κ3) is 5.86. The second kappa shape index (κ2) is 15.1. The highest BCUT2D eigenvalue weighted by Crippen LogP contribution is 2.46. The fraction of sp³-hybridized carbons (Fsp3) is 0. The fourth-order valence-corrected chi connectivity index (χ4v) is 10.6. The molecule has 0 N–H and O–H groups in total. The summed E-state index contributed by atoms with van der Waals surface area (Å²) in [4.78, 5) is 0. The Labute approximate surface area is 386 Å². The smallest absolute Gasteiger partial charge is 0.0998 e. The van der Waals surface area contributed by atoms with Crippen molar-refractivity contribution < 1.29 is 0 Å². The molecule has 67 heavy (non-hydrogen) atoms. The maximum absolute atomic E-state index is 10.5. The van der Waals surface area contributed by atoms with Gasteiger partial charge in [-0.1, -0.05) is 140 Å². The van der Waals surface area contributed by atoms with Gasteiger partial charge in [0.1, 0.15) is 0 Å². The van der Waals surface area contributed by atoms with Gasteiger partial charge in [0.2, 0.25) is 0 Å². The number of benzene rings is 10. The van der Waals surface area contributed by atoms with Gasteiger partial charge in [0, 0.05) is 54.8 Å². The molecular weight excluding hydrogens is 815 g/mol. The van der Waals surface area contributed by atoms with Crippen LogP contribution in [0.2, 0.25) is 0 Å².